The van der Waals surface area contributed by atoms with Crippen LogP contribution in [0.1, 0.15) is 58.9 Å². The van der Waals surface area contributed by atoms with Gasteiger partial charge in [0.25, 0.3) is 0 Å². The van der Waals surface area contributed by atoms with E-state index in [0.29, 0.717) is 6.07 Å². The molecule has 0 atom stereocenters. The van der Waals surface area contributed by atoms with Gasteiger partial charge in [-0.25, -0.2) is 14.0 Å². The Hall–Kier alpha value is -2.90. The van der Waals surface area contributed by atoms with Crippen LogP contribution in [0.5, 0.6) is 5.75 Å². The van der Waals surface area contributed by atoms with Crippen LogP contribution in [0.15, 0.2) is 42.5 Å². The highest BCUT2D eigenvalue weighted by atomic mass is 19.4. The van der Waals surface area contributed by atoms with Gasteiger partial charge in [-0.3, -0.25) is 0 Å². The summed E-state index contributed by atoms with van der Waals surface area (Å²) in [6.07, 6.45) is -1.07. The van der Waals surface area contributed by atoms with Gasteiger partial charge in [-0.1, -0.05) is 32.3 Å². The van der Waals surface area contributed by atoms with E-state index in [-0.39, 0.29) is 17.7 Å². The first kappa shape index (κ1) is 22.4. The van der Waals surface area contributed by atoms with Crippen LogP contribution in [0.3, 0.4) is 0 Å². The van der Waals surface area contributed by atoms with Crippen molar-refractivity contribution in [2.24, 2.45) is 0 Å². The highest BCUT2D eigenvalue weighted by molar-refractivity contribution is 5.94. The van der Waals surface area contributed by atoms with E-state index in [1.54, 1.807) is 0 Å². The number of benzene rings is 2. The lowest BCUT2D eigenvalue weighted by atomic mass is 10.1. The third-order valence-electron chi connectivity index (χ3n) is 4.06. The van der Waals surface area contributed by atoms with Crippen molar-refractivity contribution in [3.63, 3.8) is 0 Å². The predicted octanol–water partition coefficient (Wildman–Crippen LogP) is 5.80. The van der Waals surface area contributed by atoms with E-state index in [2.05, 4.69) is 6.92 Å². The first-order valence-corrected chi connectivity index (χ1v) is 9.09. The minimum atomic E-state index is -4.91. The standard InChI is InChI=1S/C21H20F4O4/c1-2-3-4-5-13-28-19(26)14-9-11-15(12-10-14)20(27)29-17-8-6-7-16(18(17)22)21(23,24)25/h6-12H,2-5,13H2,1H3. The summed E-state index contributed by atoms with van der Waals surface area (Å²) in [5.74, 6) is -4.11. The van der Waals surface area contributed by atoms with Crippen LogP contribution in [0.2, 0.25) is 0 Å². The molecule has 0 amide bonds. The summed E-state index contributed by atoms with van der Waals surface area (Å²) in [6, 6.07) is 7.57. The molecule has 0 fully saturated rings. The van der Waals surface area contributed by atoms with Crippen LogP contribution in [0.25, 0.3) is 0 Å². The van der Waals surface area contributed by atoms with Crippen LogP contribution in [0.4, 0.5) is 17.6 Å². The maximum Gasteiger partial charge on any atom is 0.419 e. The van der Waals surface area contributed by atoms with Crippen LogP contribution < -0.4 is 4.74 Å². The number of carbonyl (C=O) groups excluding carboxylic acids is 2. The molecule has 29 heavy (non-hydrogen) atoms. The van der Waals surface area contributed by atoms with E-state index in [0.717, 1.165) is 37.8 Å². The zero-order valence-corrected chi connectivity index (χ0v) is 15.7. The Bertz CT molecular complexity index is 845. The molecule has 0 heterocycles. The molecule has 0 aliphatic rings. The summed E-state index contributed by atoms with van der Waals surface area (Å²) in [6.45, 7) is 2.36. The fraction of sp³-hybridized carbons (Fsp3) is 0.333. The summed E-state index contributed by atoms with van der Waals surface area (Å²) >= 11 is 0. The molecule has 0 saturated heterocycles. The summed E-state index contributed by atoms with van der Waals surface area (Å²) in [5, 5.41) is 0. The van der Waals surface area contributed by atoms with Crippen molar-refractivity contribution in [1.82, 2.24) is 0 Å². The molecule has 0 aliphatic heterocycles. The van der Waals surface area contributed by atoms with Crippen molar-refractivity contribution in [2.45, 2.75) is 38.8 Å². The first-order chi connectivity index (χ1) is 13.7. The summed E-state index contributed by atoms with van der Waals surface area (Å²) in [4.78, 5) is 24.0. The molecule has 2 rings (SSSR count). The number of ether oxygens (including phenoxy) is 2. The smallest absolute Gasteiger partial charge is 0.419 e. The number of carbonyl (C=O) groups is 2. The van der Waals surface area contributed by atoms with Gasteiger partial charge < -0.3 is 9.47 Å². The molecule has 4 nitrogen and oxygen atoms in total. The maximum atomic E-state index is 14.0. The second-order valence-electron chi connectivity index (χ2n) is 6.28. The number of hydrogen-bond donors (Lipinski definition) is 0. The Balaban J connectivity index is 2.00. The molecule has 2 aromatic carbocycles. The zero-order chi connectivity index (χ0) is 21.4. The van der Waals surface area contributed by atoms with E-state index < -0.39 is 35.2 Å². The summed E-state index contributed by atoms with van der Waals surface area (Å²) in [5.41, 5.74) is -1.37. The van der Waals surface area contributed by atoms with Gasteiger partial charge in [0.05, 0.1) is 23.3 Å². The number of hydrogen-bond acceptors (Lipinski definition) is 4. The summed E-state index contributed by atoms with van der Waals surface area (Å²) in [7, 11) is 0. The van der Waals surface area contributed by atoms with Crippen LogP contribution >= 0.6 is 0 Å². The highest BCUT2D eigenvalue weighted by Crippen LogP contribution is 2.34. The molecule has 0 saturated carbocycles. The number of unbranched alkanes of at least 4 members (excludes halogenated alkanes) is 3. The Morgan fingerprint density at radius 1 is 0.897 bits per heavy atom. The van der Waals surface area contributed by atoms with Crippen LogP contribution in [-0.2, 0) is 10.9 Å². The van der Waals surface area contributed by atoms with E-state index in [1.807, 2.05) is 0 Å². The second kappa shape index (κ2) is 10.0. The van der Waals surface area contributed by atoms with Crippen molar-refractivity contribution in [3.05, 3.63) is 65.0 Å². The van der Waals surface area contributed by atoms with Crippen molar-refractivity contribution in [3.8, 4) is 5.75 Å². The van der Waals surface area contributed by atoms with Crippen LogP contribution in [-0.4, -0.2) is 18.5 Å². The van der Waals surface area contributed by atoms with Crippen molar-refractivity contribution < 1.29 is 36.6 Å². The Labute approximate surface area is 165 Å². The SMILES string of the molecule is CCCCCCOC(=O)c1ccc(C(=O)Oc2cccc(C(F)(F)F)c2F)cc1. The average Bonchev–Trinajstić information content (AvgIpc) is 2.68. The Morgan fingerprint density at radius 3 is 2.10 bits per heavy atom. The maximum absolute atomic E-state index is 14.0. The normalized spacial score (nSPS) is 11.2. The molecular weight excluding hydrogens is 392 g/mol. The van der Waals surface area contributed by atoms with E-state index in [4.69, 9.17) is 9.47 Å². The average molecular weight is 412 g/mol. The van der Waals surface area contributed by atoms with Gasteiger partial charge >= 0.3 is 18.1 Å². The van der Waals surface area contributed by atoms with Crippen molar-refractivity contribution in [2.75, 3.05) is 6.61 Å². The molecular formula is C21H20F4O4. The molecule has 0 bridgehead atoms. The van der Waals surface area contributed by atoms with Crippen LogP contribution in [0, 0.1) is 5.82 Å². The highest BCUT2D eigenvalue weighted by Gasteiger charge is 2.35. The Kier molecular flexibility index (Phi) is 7.75. The third-order valence-corrected chi connectivity index (χ3v) is 4.06. The molecule has 2 aromatic rings. The molecule has 0 radical (unpaired) electrons. The quantitative estimate of drug-likeness (QED) is 0.238. The largest absolute Gasteiger partial charge is 0.462 e. The molecule has 0 aromatic heterocycles. The second-order valence-corrected chi connectivity index (χ2v) is 6.28. The van der Waals surface area contributed by atoms with Gasteiger partial charge in [-0.15, -0.1) is 0 Å². The molecule has 0 N–H and O–H groups in total. The third kappa shape index (κ3) is 6.30. The van der Waals surface area contributed by atoms with E-state index in [1.165, 1.54) is 24.3 Å². The fourth-order valence-electron chi connectivity index (χ4n) is 2.49. The molecule has 0 unspecified atom stereocenters. The van der Waals surface area contributed by atoms with Crippen molar-refractivity contribution >= 4 is 11.9 Å². The molecule has 156 valence electrons. The van der Waals surface area contributed by atoms with E-state index in [9.17, 15) is 27.2 Å². The zero-order valence-electron chi connectivity index (χ0n) is 15.7. The minimum Gasteiger partial charge on any atom is -0.462 e. The molecule has 8 heteroatoms. The monoisotopic (exact) mass is 412 g/mol. The molecule has 0 aliphatic carbocycles. The lowest BCUT2D eigenvalue weighted by Gasteiger charge is -2.11. The fourth-order valence-corrected chi connectivity index (χ4v) is 2.49. The topological polar surface area (TPSA) is 52.6 Å². The van der Waals surface area contributed by atoms with E-state index >= 15 is 0 Å². The number of esters is 2. The first-order valence-electron chi connectivity index (χ1n) is 9.09. The van der Waals surface area contributed by atoms with Gasteiger partial charge in [0.2, 0.25) is 0 Å². The van der Waals surface area contributed by atoms with Gasteiger partial charge in [-0.2, -0.15) is 13.2 Å². The number of rotatable bonds is 8. The van der Waals surface area contributed by atoms with Gasteiger partial charge in [-0.05, 0) is 42.8 Å². The lowest BCUT2D eigenvalue weighted by Crippen LogP contribution is -2.13. The predicted molar refractivity (Wildman–Crippen MR) is 97.2 cm³/mol. The van der Waals surface area contributed by atoms with Gasteiger partial charge in [0, 0.05) is 0 Å². The van der Waals surface area contributed by atoms with Gasteiger partial charge in [0.15, 0.2) is 11.6 Å². The van der Waals surface area contributed by atoms with Crippen molar-refractivity contribution in [1.29, 1.82) is 0 Å². The number of halogens is 4. The van der Waals surface area contributed by atoms with Gasteiger partial charge in [0.1, 0.15) is 0 Å². The molecule has 0 spiro atoms. The Morgan fingerprint density at radius 2 is 1.52 bits per heavy atom. The summed E-state index contributed by atoms with van der Waals surface area (Å²) < 4.78 is 62.0. The number of alkyl halides is 3. The lowest BCUT2D eigenvalue weighted by molar-refractivity contribution is -0.140. The minimum absolute atomic E-state index is 0.0543.